The van der Waals surface area contributed by atoms with Gasteiger partial charge in [0.25, 0.3) is 5.91 Å². The van der Waals surface area contributed by atoms with Gasteiger partial charge in [0.05, 0.1) is 6.54 Å². The number of nitrogens with two attached hydrogens (primary N) is 1. The molecular formula is C16H22N2OS. The molecule has 3 N–H and O–H groups in total. The van der Waals surface area contributed by atoms with Crippen molar-refractivity contribution in [2.75, 3.05) is 6.54 Å². The van der Waals surface area contributed by atoms with Crippen LogP contribution in [0.4, 0.5) is 0 Å². The Morgan fingerprint density at radius 3 is 3.05 bits per heavy atom. The Kier molecular flexibility index (Phi) is 5.63. The van der Waals surface area contributed by atoms with Gasteiger partial charge >= 0.3 is 0 Å². The highest BCUT2D eigenvalue weighted by atomic mass is 32.1. The van der Waals surface area contributed by atoms with Gasteiger partial charge in [0, 0.05) is 11.6 Å². The SMILES string of the molecule is CC1CCCCCC1NC(=O)c1sccc1C#CCN. The van der Waals surface area contributed by atoms with Crippen LogP contribution in [0.25, 0.3) is 0 Å². The zero-order valence-corrected chi connectivity index (χ0v) is 12.8. The zero-order chi connectivity index (χ0) is 14.4. The lowest BCUT2D eigenvalue weighted by atomic mass is 9.97. The first kappa shape index (κ1) is 15.1. The summed E-state index contributed by atoms with van der Waals surface area (Å²) in [5.74, 6) is 6.35. The van der Waals surface area contributed by atoms with Crippen molar-refractivity contribution < 1.29 is 4.79 Å². The average Bonchev–Trinajstić information content (AvgIpc) is 2.82. The van der Waals surface area contributed by atoms with Gasteiger partial charge < -0.3 is 11.1 Å². The number of hydrogen-bond acceptors (Lipinski definition) is 3. The highest BCUT2D eigenvalue weighted by Crippen LogP contribution is 2.24. The highest BCUT2D eigenvalue weighted by molar-refractivity contribution is 7.12. The number of rotatable bonds is 2. The van der Waals surface area contributed by atoms with Crippen LogP contribution in [0.5, 0.6) is 0 Å². The molecule has 2 rings (SSSR count). The molecule has 3 nitrogen and oxygen atoms in total. The fourth-order valence-corrected chi connectivity index (χ4v) is 3.42. The predicted octanol–water partition coefficient (Wildman–Crippen LogP) is 2.76. The molecule has 1 saturated carbocycles. The van der Waals surface area contributed by atoms with Crippen molar-refractivity contribution in [3.05, 3.63) is 21.9 Å². The number of carbonyl (C=O) groups is 1. The van der Waals surface area contributed by atoms with Crippen LogP contribution in [-0.4, -0.2) is 18.5 Å². The highest BCUT2D eigenvalue weighted by Gasteiger charge is 2.23. The maximum absolute atomic E-state index is 12.4. The molecule has 2 unspecified atom stereocenters. The standard InChI is InChI=1S/C16H22N2OS/c1-12-6-3-2-4-8-14(12)18-16(19)15-13(7-5-10-17)9-11-20-15/h9,11-12,14H,2-4,6,8,10,17H2,1H3,(H,18,19). The van der Waals surface area contributed by atoms with Crippen molar-refractivity contribution in [2.45, 2.75) is 45.1 Å². The molecule has 2 atom stereocenters. The molecule has 1 fully saturated rings. The first-order valence-electron chi connectivity index (χ1n) is 7.29. The minimum atomic E-state index is 0.0140. The molecule has 4 heteroatoms. The van der Waals surface area contributed by atoms with Gasteiger partial charge in [-0.25, -0.2) is 0 Å². The van der Waals surface area contributed by atoms with Gasteiger partial charge in [-0.05, 0) is 30.2 Å². The average molecular weight is 290 g/mol. The van der Waals surface area contributed by atoms with Crippen LogP contribution in [0.2, 0.25) is 0 Å². The summed E-state index contributed by atoms with van der Waals surface area (Å²) in [5, 5.41) is 5.11. The van der Waals surface area contributed by atoms with E-state index in [1.54, 1.807) is 0 Å². The third-order valence-corrected chi connectivity index (χ3v) is 4.79. The number of nitrogens with one attached hydrogen (secondary N) is 1. The van der Waals surface area contributed by atoms with Crippen LogP contribution in [0.3, 0.4) is 0 Å². The summed E-state index contributed by atoms with van der Waals surface area (Å²) in [6, 6.07) is 2.18. The lowest BCUT2D eigenvalue weighted by molar-refractivity contribution is 0.0925. The van der Waals surface area contributed by atoms with E-state index in [0.29, 0.717) is 23.4 Å². The van der Waals surface area contributed by atoms with Crippen molar-refractivity contribution in [2.24, 2.45) is 11.7 Å². The number of hydrogen-bond donors (Lipinski definition) is 2. The monoisotopic (exact) mass is 290 g/mol. The van der Waals surface area contributed by atoms with Gasteiger partial charge in [-0.2, -0.15) is 0 Å². The normalized spacial score (nSPS) is 22.5. The van der Waals surface area contributed by atoms with E-state index in [-0.39, 0.29) is 5.91 Å². The van der Waals surface area contributed by atoms with E-state index in [2.05, 4.69) is 24.1 Å². The molecule has 0 aliphatic heterocycles. The van der Waals surface area contributed by atoms with Gasteiger partial charge in [-0.3, -0.25) is 4.79 Å². The minimum Gasteiger partial charge on any atom is -0.348 e. The lowest BCUT2D eigenvalue weighted by Crippen LogP contribution is -2.38. The molecule has 1 aromatic heterocycles. The molecule has 0 aromatic carbocycles. The third kappa shape index (κ3) is 3.84. The van der Waals surface area contributed by atoms with Crippen LogP contribution < -0.4 is 11.1 Å². The van der Waals surface area contributed by atoms with Crippen LogP contribution >= 0.6 is 11.3 Å². The molecule has 108 valence electrons. The van der Waals surface area contributed by atoms with Gasteiger partial charge in [-0.15, -0.1) is 11.3 Å². The van der Waals surface area contributed by atoms with Gasteiger partial charge in [0.2, 0.25) is 0 Å². The smallest absolute Gasteiger partial charge is 0.262 e. The summed E-state index contributed by atoms with van der Waals surface area (Å²) in [6.07, 6.45) is 6.06. The fourth-order valence-electron chi connectivity index (χ4n) is 2.67. The molecule has 1 amide bonds. The van der Waals surface area contributed by atoms with Crippen LogP contribution in [0.1, 0.15) is 54.3 Å². The van der Waals surface area contributed by atoms with E-state index in [1.807, 2.05) is 11.4 Å². The molecule has 0 spiro atoms. The quantitative estimate of drug-likeness (QED) is 0.650. The van der Waals surface area contributed by atoms with E-state index in [0.717, 1.165) is 12.0 Å². The summed E-state index contributed by atoms with van der Waals surface area (Å²) in [5.41, 5.74) is 6.18. The summed E-state index contributed by atoms with van der Waals surface area (Å²) < 4.78 is 0. The van der Waals surface area contributed by atoms with Crippen LogP contribution in [-0.2, 0) is 0 Å². The molecule has 1 heterocycles. The van der Waals surface area contributed by atoms with E-state index in [1.165, 1.54) is 37.0 Å². The number of amides is 1. The topological polar surface area (TPSA) is 55.1 Å². The second-order valence-electron chi connectivity index (χ2n) is 5.36. The second-order valence-corrected chi connectivity index (χ2v) is 6.28. The molecule has 1 aliphatic rings. The second kappa shape index (κ2) is 7.47. The van der Waals surface area contributed by atoms with Gasteiger partial charge in [0.1, 0.15) is 4.88 Å². The molecule has 0 radical (unpaired) electrons. The van der Waals surface area contributed by atoms with E-state index >= 15 is 0 Å². The first-order valence-corrected chi connectivity index (χ1v) is 8.17. The van der Waals surface area contributed by atoms with Crippen molar-refractivity contribution >= 4 is 17.2 Å². The number of thiophene rings is 1. The van der Waals surface area contributed by atoms with Crippen molar-refractivity contribution in [3.8, 4) is 11.8 Å². The van der Waals surface area contributed by atoms with Crippen molar-refractivity contribution in [1.29, 1.82) is 0 Å². The molecule has 0 saturated heterocycles. The lowest BCUT2D eigenvalue weighted by Gasteiger charge is -2.22. The largest absolute Gasteiger partial charge is 0.348 e. The van der Waals surface area contributed by atoms with Crippen molar-refractivity contribution in [3.63, 3.8) is 0 Å². The van der Waals surface area contributed by atoms with E-state index < -0.39 is 0 Å². The third-order valence-electron chi connectivity index (χ3n) is 3.87. The maximum atomic E-state index is 12.4. The summed E-state index contributed by atoms with van der Waals surface area (Å²) in [4.78, 5) is 13.1. The van der Waals surface area contributed by atoms with Gasteiger partial charge in [0.15, 0.2) is 0 Å². The minimum absolute atomic E-state index is 0.0140. The first-order chi connectivity index (χ1) is 9.72. The fraction of sp³-hybridized carbons (Fsp3) is 0.562. The summed E-state index contributed by atoms with van der Waals surface area (Å²) in [7, 11) is 0. The van der Waals surface area contributed by atoms with E-state index in [4.69, 9.17) is 5.73 Å². The maximum Gasteiger partial charge on any atom is 0.262 e. The Morgan fingerprint density at radius 2 is 2.25 bits per heavy atom. The molecule has 20 heavy (non-hydrogen) atoms. The molecule has 0 bridgehead atoms. The Labute approximate surface area is 124 Å². The van der Waals surface area contributed by atoms with Crippen molar-refractivity contribution in [1.82, 2.24) is 5.32 Å². The Balaban J connectivity index is 2.06. The van der Waals surface area contributed by atoms with Crippen LogP contribution in [0.15, 0.2) is 11.4 Å². The molecular weight excluding hydrogens is 268 g/mol. The Hall–Kier alpha value is -1.31. The van der Waals surface area contributed by atoms with Crippen LogP contribution in [0, 0.1) is 17.8 Å². The van der Waals surface area contributed by atoms with E-state index in [9.17, 15) is 4.79 Å². The Morgan fingerprint density at radius 1 is 1.45 bits per heavy atom. The molecule has 1 aliphatic carbocycles. The Bertz CT molecular complexity index is 512. The zero-order valence-electron chi connectivity index (χ0n) is 11.9. The number of carbonyl (C=O) groups excluding carboxylic acids is 1. The van der Waals surface area contributed by atoms with Gasteiger partial charge in [-0.1, -0.05) is 38.0 Å². The summed E-state index contributed by atoms with van der Waals surface area (Å²) in [6.45, 7) is 2.55. The summed E-state index contributed by atoms with van der Waals surface area (Å²) >= 11 is 1.45. The predicted molar refractivity (Wildman–Crippen MR) is 83.8 cm³/mol. The molecule has 1 aromatic rings.